The van der Waals surface area contributed by atoms with E-state index in [4.69, 9.17) is 9.47 Å². The van der Waals surface area contributed by atoms with Crippen molar-refractivity contribution in [1.82, 2.24) is 5.32 Å². The molecule has 1 N–H and O–H groups in total. The molecule has 0 aromatic heterocycles. The zero-order chi connectivity index (χ0) is 11.0. The highest BCUT2D eigenvalue weighted by Crippen LogP contribution is 2.01. The van der Waals surface area contributed by atoms with Crippen LogP contribution in [0.2, 0.25) is 0 Å². The zero-order valence-electron chi connectivity index (χ0n) is 9.50. The van der Waals surface area contributed by atoms with Crippen molar-refractivity contribution < 1.29 is 14.3 Å². The van der Waals surface area contributed by atoms with E-state index < -0.39 is 0 Å². The van der Waals surface area contributed by atoms with Gasteiger partial charge in [-0.15, -0.1) is 0 Å². The molecule has 1 atom stereocenters. The number of carbonyl (C=O) groups is 1. The van der Waals surface area contributed by atoms with Crippen molar-refractivity contribution in [2.45, 2.75) is 26.8 Å². The second-order valence-corrected chi connectivity index (χ2v) is 3.49. The largest absolute Gasteiger partial charge is 0.465 e. The molecule has 0 bridgehead atoms. The molecule has 0 aliphatic carbocycles. The third kappa shape index (κ3) is 5.94. The van der Waals surface area contributed by atoms with Gasteiger partial charge < -0.3 is 14.8 Å². The van der Waals surface area contributed by atoms with Crippen LogP contribution >= 0.6 is 0 Å². The molecule has 0 saturated heterocycles. The summed E-state index contributed by atoms with van der Waals surface area (Å²) in [5, 5.41) is 3.11. The number of methoxy groups -OCH3 is 1. The Hall–Kier alpha value is -0.610. The SMILES string of the molecule is CCOC(=O)CNC(COC)C(C)C. The molecule has 0 spiro atoms. The Morgan fingerprint density at radius 3 is 2.50 bits per heavy atom. The van der Waals surface area contributed by atoms with E-state index in [2.05, 4.69) is 19.2 Å². The first-order valence-electron chi connectivity index (χ1n) is 4.99. The quantitative estimate of drug-likeness (QED) is 0.622. The summed E-state index contributed by atoms with van der Waals surface area (Å²) in [5.41, 5.74) is 0. The van der Waals surface area contributed by atoms with E-state index in [1.807, 2.05) is 0 Å². The van der Waals surface area contributed by atoms with Crippen molar-refractivity contribution in [3.63, 3.8) is 0 Å². The molecular formula is C10H21NO3. The lowest BCUT2D eigenvalue weighted by atomic mass is 10.1. The molecule has 0 aliphatic rings. The lowest BCUT2D eigenvalue weighted by Gasteiger charge is -2.20. The van der Waals surface area contributed by atoms with E-state index >= 15 is 0 Å². The van der Waals surface area contributed by atoms with Crippen molar-refractivity contribution in [3.8, 4) is 0 Å². The van der Waals surface area contributed by atoms with Gasteiger partial charge in [0, 0.05) is 13.2 Å². The molecule has 14 heavy (non-hydrogen) atoms. The fraction of sp³-hybridized carbons (Fsp3) is 0.900. The first-order valence-corrected chi connectivity index (χ1v) is 4.99. The van der Waals surface area contributed by atoms with Crippen LogP contribution in [-0.4, -0.2) is 38.9 Å². The average Bonchev–Trinajstić information content (AvgIpc) is 2.12. The molecule has 0 fully saturated rings. The highest BCUT2D eigenvalue weighted by molar-refractivity contribution is 5.71. The Labute approximate surface area is 86.0 Å². The molecule has 0 amide bonds. The smallest absolute Gasteiger partial charge is 0.319 e. The van der Waals surface area contributed by atoms with E-state index in [1.54, 1.807) is 14.0 Å². The van der Waals surface area contributed by atoms with Crippen molar-refractivity contribution >= 4 is 5.97 Å². The second-order valence-electron chi connectivity index (χ2n) is 3.49. The van der Waals surface area contributed by atoms with Gasteiger partial charge in [0.2, 0.25) is 0 Å². The molecule has 4 nitrogen and oxygen atoms in total. The number of rotatable bonds is 7. The Morgan fingerprint density at radius 2 is 2.07 bits per heavy atom. The molecule has 0 aromatic rings. The fourth-order valence-corrected chi connectivity index (χ4v) is 1.09. The number of nitrogens with one attached hydrogen (secondary N) is 1. The standard InChI is InChI=1S/C10H21NO3/c1-5-14-10(12)6-11-9(7-13-4)8(2)3/h8-9,11H,5-7H2,1-4H3. The maximum absolute atomic E-state index is 11.0. The van der Waals surface area contributed by atoms with Crippen LogP contribution in [0.5, 0.6) is 0 Å². The summed E-state index contributed by atoms with van der Waals surface area (Å²) in [6, 6.07) is 0.199. The van der Waals surface area contributed by atoms with Gasteiger partial charge in [0.1, 0.15) is 0 Å². The van der Waals surface area contributed by atoms with Gasteiger partial charge in [-0.25, -0.2) is 0 Å². The topological polar surface area (TPSA) is 47.6 Å². The number of esters is 1. The van der Waals surface area contributed by atoms with E-state index in [0.29, 0.717) is 19.1 Å². The third-order valence-electron chi connectivity index (χ3n) is 1.96. The molecule has 84 valence electrons. The minimum absolute atomic E-state index is 0.199. The Kier molecular flexibility index (Phi) is 7.42. The molecule has 1 unspecified atom stereocenters. The molecule has 0 radical (unpaired) electrons. The summed E-state index contributed by atoms with van der Waals surface area (Å²) in [6.45, 7) is 7.25. The Bertz CT molecular complexity index is 159. The summed E-state index contributed by atoms with van der Waals surface area (Å²) in [4.78, 5) is 11.0. The predicted octanol–water partition coefficient (Wildman–Crippen LogP) is 0.810. The maximum Gasteiger partial charge on any atom is 0.319 e. The number of ether oxygens (including phenoxy) is 2. The van der Waals surface area contributed by atoms with Gasteiger partial charge in [-0.3, -0.25) is 4.79 Å². The van der Waals surface area contributed by atoms with E-state index in [9.17, 15) is 4.79 Å². The van der Waals surface area contributed by atoms with Crippen molar-refractivity contribution in [3.05, 3.63) is 0 Å². The van der Waals surface area contributed by atoms with Crippen LogP contribution in [0.4, 0.5) is 0 Å². The molecule has 0 heterocycles. The van der Waals surface area contributed by atoms with Crippen LogP contribution in [0.25, 0.3) is 0 Å². The van der Waals surface area contributed by atoms with Gasteiger partial charge >= 0.3 is 5.97 Å². The van der Waals surface area contributed by atoms with Crippen LogP contribution in [0.3, 0.4) is 0 Å². The van der Waals surface area contributed by atoms with Gasteiger partial charge in [0.15, 0.2) is 0 Å². The predicted molar refractivity (Wildman–Crippen MR) is 55.1 cm³/mol. The summed E-state index contributed by atoms with van der Waals surface area (Å²) in [6.07, 6.45) is 0. The zero-order valence-corrected chi connectivity index (χ0v) is 9.50. The Balaban J connectivity index is 3.75. The minimum atomic E-state index is -0.214. The van der Waals surface area contributed by atoms with Crippen molar-refractivity contribution in [2.75, 3.05) is 26.9 Å². The van der Waals surface area contributed by atoms with E-state index in [1.165, 1.54) is 0 Å². The van der Waals surface area contributed by atoms with Crippen molar-refractivity contribution in [2.24, 2.45) is 5.92 Å². The van der Waals surface area contributed by atoms with Gasteiger partial charge in [-0.1, -0.05) is 13.8 Å². The van der Waals surface area contributed by atoms with Crippen LogP contribution in [-0.2, 0) is 14.3 Å². The highest BCUT2D eigenvalue weighted by atomic mass is 16.5. The van der Waals surface area contributed by atoms with Gasteiger partial charge in [-0.2, -0.15) is 0 Å². The maximum atomic E-state index is 11.0. The van der Waals surface area contributed by atoms with E-state index in [-0.39, 0.29) is 18.6 Å². The Morgan fingerprint density at radius 1 is 1.43 bits per heavy atom. The average molecular weight is 203 g/mol. The molecule has 0 aliphatic heterocycles. The van der Waals surface area contributed by atoms with Gasteiger partial charge in [0.05, 0.1) is 19.8 Å². The van der Waals surface area contributed by atoms with Crippen LogP contribution < -0.4 is 5.32 Å². The monoisotopic (exact) mass is 203 g/mol. The lowest BCUT2D eigenvalue weighted by molar-refractivity contribution is -0.142. The molecule has 0 aromatic carbocycles. The highest BCUT2D eigenvalue weighted by Gasteiger charge is 2.13. The lowest BCUT2D eigenvalue weighted by Crippen LogP contribution is -2.41. The van der Waals surface area contributed by atoms with Crippen LogP contribution in [0.1, 0.15) is 20.8 Å². The summed E-state index contributed by atoms with van der Waals surface area (Å²) >= 11 is 0. The minimum Gasteiger partial charge on any atom is -0.465 e. The molecular weight excluding hydrogens is 182 g/mol. The summed E-state index contributed by atoms with van der Waals surface area (Å²) in [7, 11) is 1.65. The van der Waals surface area contributed by atoms with Crippen LogP contribution in [0, 0.1) is 5.92 Å². The van der Waals surface area contributed by atoms with Gasteiger partial charge in [0.25, 0.3) is 0 Å². The summed E-state index contributed by atoms with van der Waals surface area (Å²) < 4.78 is 9.85. The van der Waals surface area contributed by atoms with E-state index in [0.717, 1.165) is 0 Å². The normalized spacial score (nSPS) is 12.9. The molecule has 0 saturated carbocycles. The van der Waals surface area contributed by atoms with Crippen molar-refractivity contribution in [1.29, 1.82) is 0 Å². The molecule has 4 heteroatoms. The third-order valence-corrected chi connectivity index (χ3v) is 1.96. The van der Waals surface area contributed by atoms with Crippen LogP contribution in [0.15, 0.2) is 0 Å². The first-order chi connectivity index (χ1) is 6.61. The summed E-state index contributed by atoms with van der Waals surface area (Å²) in [5.74, 6) is 0.221. The molecule has 0 rings (SSSR count). The second kappa shape index (κ2) is 7.76. The fourth-order valence-electron chi connectivity index (χ4n) is 1.09. The number of hydrogen-bond donors (Lipinski definition) is 1. The van der Waals surface area contributed by atoms with Gasteiger partial charge in [-0.05, 0) is 12.8 Å². The number of hydrogen-bond acceptors (Lipinski definition) is 4. The number of carbonyl (C=O) groups excluding carboxylic acids is 1. The first kappa shape index (κ1) is 13.4.